The number of hydrogen-bond acceptors (Lipinski definition) is 2. The predicted octanol–water partition coefficient (Wildman–Crippen LogP) is 8.22. The molecule has 0 spiro atoms. The van der Waals surface area contributed by atoms with Crippen molar-refractivity contribution in [1.82, 2.24) is 0 Å². The van der Waals surface area contributed by atoms with Gasteiger partial charge in [0.25, 0.3) is 0 Å². The summed E-state index contributed by atoms with van der Waals surface area (Å²) in [5.74, 6) is 0.276. The van der Waals surface area contributed by atoms with E-state index in [-0.39, 0.29) is 16.3 Å². The molecule has 2 rings (SSSR count). The van der Waals surface area contributed by atoms with E-state index in [9.17, 15) is 9.18 Å². The zero-order chi connectivity index (χ0) is 22.3. The molecule has 0 saturated carbocycles. The summed E-state index contributed by atoms with van der Waals surface area (Å²) < 4.78 is 13.7. The number of allylic oxidation sites excluding steroid dienone is 9. The van der Waals surface area contributed by atoms with Crippen molar-refractivity contribution in [3.63, 3.8) is 0 Å². The van der Waals surface area contributed by atoms with E-state index in [1.54, 1.807) is 18.2 Å². The lowest BCUT2D eigenvalue weighted by Gasteiger charge is -2.36. The fourth-order valence-corrected chi connectivity index (χ4v) is 4.38. The van der Waals surface area contributed by atoms with Crippen LogP contribution in [0, 0.1) is 17.2 Å². The SMILES string of the molecule is CC1=C(/C=C/C(C)=C/C=C/C(C)=C\C(=O)Sc2ccccc2F)C(C)(C)CCC1C. The molecule has 1 nitrogen and oxygen atoms in total. The number of hydrogen-bond donors (Lipinski definition) is 0. The molecule has 0 amide bonds. The summed E-state index contributed by atoms with van der Waals surface area (Å²) >= 11 is 0.906. The van der Waals surface area contributed by atoms with Gasteiger partial charge in [-0.15, -0.1) is 0 Å². The van der Waals surface area contributed by atoms with E-state index >= 15 is 0 Å². The van der Waals surface area contributed by atoms with Gasteiger partial charge >= 0.3 is 0 Å². The van der Waals surface area contributed by atoms with Crippen molar-refractivity contribution in [2.45, 2.75) is 59.3 Å². The van der Waals surface area contributed by atoms with Crippen LogP contribution in [0.25, 0.3) is 0 Å². The van der Waals surface area contributed by atoms with E-state index in [4.69, 9.17) is 0 Å². The van der Waals surface area contributed by atoms with E-state index < -0.39 is 0 Å². The number of carbonyl (C=O) groups is 1. The first-order valence-electron chi connectivity index (χ1n) is 10.5. The summed E-state index contributed by atoms with van der Waals surface area (Å²) in [6.45, 7) is 13.2. The van der Waals surface area contributed by atoms with Gasteiger partial charge in [-0.1, -0.05) is 74.4 Å². The number of benzene rings is 1. The van der Waals surface area contributed by atoms with Crippen LogP contribution in [-0.4, -0.2) is 5.12 Å². The third kappa shape index (κ3) is 6.98. The zero-order valence-corrected chi connectivity index (χ0v) is 19.8. The average Bonchev–Trinajstić information content (AvgIpc) is 2.66. The Morgan fingerprint density at radius 3 is 2.57 bits per heavy atom. The molecule has 30 heavy (non-hydrogen) atoms. The average molecular weight is 425 g/mol. The van der Waals surface area contributed by atoms with Crippen molar-refractivity contribution >= 4 is 16.9 Å². The lowest BCUT2D eigenvalue weighted by atomic mass is 9.69. The molecule has 0 aliphatic heterocycles. The molecule has 0 radical (unpaired) electrons. The van der Waals surface area contributed by atoms with E-state index in [1.165, 1.54) is 36.1 Å². The van der Waals surface area contributed by atoms with Crippen LogP contribution in [0.1, 0.15) is 54.4 Å². The largest absolute Gasteiger partial charge is 0.282 e. The minimum absolute atomic E-state index is 0.182. The highest BCUT2D eigenvalue weighted by Gasteiger charge is 2.29. The van der Waals surface area contributed by atoms with Crippen molar-refractivity contribution in [1.29, 1.82) is 0 Å². The van der Waals surface area contributed by atoms with Gasteiger partial charge in [-0.2, -0.15) is 0 Å². The third-order valence-corrected chi connectivity index (χ3v) is 6.59. The Hall–Kier alpha value is -2.13. The lowest BCUT2D eigenvalue weighted by Crippen LogP contribution is -2.23. The molecule has 0 bridgehead atoms. The maximum atomic E-state index is 13.7. The maximum absolute atomic E-state index is 13.7. The molecule has 160 valence electrons. The minimum Gasteiger partial charge on any atom is -0.282 e. The Balaban J connectivity index is 2.01. The molecule has 0 heterocycles. The molecule has 1 atom stereocenters. The van der Waals surface area contributed by atoms with Gasteiger partial charge in [-0.3, -0.25) is 4.79 Å². The molecule has 1 aromatic rings. The molecular formula is C27H33FOS. The number of thioether (sulfide) groups is 1. The predicted molar refractivity (Wildman–Crippen MR) is 128 cm³/mol. The van der Waals surface area contributed by atoms with Crippen LogP contribution in [0.3, 0.4) is 0 Å². The third-order valence-electron chi connectivity index (χ3n) is 5.72. The number of carbonyl (C=O) groups excluding carboxylic acids is 1. The van der Waals surface area contributed by atoms with Gasteiger partial charge in [0.2, 0.25) is 5.12 Å². The van der Waals surface area contributed by atoms with Crippen LogP contribution >= 0.6 is 11.8 Å². The van der Waals surface area contributed by atoms with E-state index in [0.717, 1.165) is 22.9 Å². The minimum atomic E-state index is -0.372. The Morgan fingerprint density at radius 2 is 1.87 bits per heavy atom. The molecule has 0 N–H and O–H groups in total. The summed E-state index contributed by atoms with van der Waals surface area (Å²) in [7, 11) is 0. The van der Waals surface area contributed by atoms with Crippen molar-refractivity contribution in [3.05, 3.63) is 88.8 Å². The zero-order valence-electron chi connectivity index (χ0n) is 19.0. The first-order chi connectivity index (χ1) is 14.1. The van der Waals surface area contributed by atoms with Gasteiger partial charge in [0, 0.05) is 0 Å². The van der Waals surface area contributed by atoms with Crippen LogP contribution < -0.4 is 0 Å². The molecule has 0 saturated heterocycles. The molecule has 3 heteroatoms. The summed E-state index contributed by atoms with van der Waals surface area (Å²) in [5.41, 5.74) is 5.15. The summed E-state index contributed by atoms with van der Waals surface area (Å²) in [4.78, 5) is 12.5. The molecule has 1 aliphatic carbocycles. The number of rotatable bonds is 6. The van der Waals surface area contributed by atoms with Crippen LogP contribution in [0.4, 0.5) is 4.39 Å². The molecule has 0 fully saturated rings. The normalized spacial score (nSPS) is 20.4. The molecular weight excluding hydrogens is 391 g/mol. The van der Waals surface area contributed by atoms with E-state index in [1.807, 2.05) is 25.2 Å². The Morgan fingerprint density at radius 1 is 1.17 bits per heavy atom. The Labute approximate surface area is 185 Å². The van der Waals surface area contributed by atoms with Gasteiger partial charge in [-0.25, -0.2) is 4.39 Å². The topological polar surface area (TPSA) is 17.1 Å². The van der Waals surface area contributed by atoms with Crippen LogP contribution in [0.2, 0.25) is 0 Å². The lowest BCUT2D eigenvalue weighted by molar-refractivity contribution is -0.107. The Bertz CT molecular complexity index is 928. The van der Waals surface area contributed by atoms with Crippen LogP contribution in [0.5, 0.6) is 0 Å². The van der Waals surface area contributed by atoms with Crippen molar-refractivity contribution in [2.75, 3.05) is 0 Å². The molecule has 1 aromatic carbocycles. The molecule has 1 unspecified atom stereocenters. The van der Waals surface area contributed by atoms with Gasteiger partial charge in [0.15, 0.2) is 0 Å². The Kier molecular flexibility index (Phi) is 8.66. The second-order valence-electron chi connectivity index (χ2n) is 8.76. The fraction of sp³-hybridized carbons (Fsp3) is 0.370. The molecule has 1 aliphatic rings. The standard InChI is InChI=1S/C27H33FOS/c1-19(14-15-23-22(4)21(3)16-17-27(23,5)6)10-9-11-20(2)18-26(29)30-25-13-8-7-12-24(25)28/h7-15,18,21H,16-17H2,1-6H3/b11-9+,15-14+,19-10+,20-18-. The highest BCUT2D eigenvalue weighted by atomic mass is 32.2. The van der Waals surface area contributed by atoms with Crippen molar-refractivity contribution in [3.8, 4) is 0 Å². The highest BCUT2D eigenvalue weighted by Crippen LogP contribution is 2.43. The van der Waals surface area contributed by atoms with Gasteiger partial charge in [0.05, 0.1) is 4.90 Å². The smallest absolute Gasteiger partial charge is 0.217 e. The van der Waals surface area contributed by atoms with Crippen LogP contribution in [0.15, 0.2) is 87.9 Å². The fourth-order valence-electron chi connectivity index (χ4n) is 3.61. The number of halogens is 1. The monoisotopic (exact) mass is 424 g/mol. The van der Waals surface area contributed by atoms with Gasteiger partial charge < -0.3 is 0 Å². The van der Waals surface area contributed by atoms with Crippen LogP contribution in [-0.2, 0) is 4.79 Å². The van der Waals surface area contributed by atoms with E-state index in [0.29, 0.717) is 10.8 Å². The maximum Gasteiger partial charge on any atom is 0.217 e. The summed E-state index contributed by atoms with van der Waals surface area (Å²) in [6.07, 6.45) is 14.3. The second-order valence-corrected chi connectivity index (χ2v) is 9.81. The first-order valence-corrected chi connectivity index (χ1v) is 11.3. The molecule has 0 aromatic heterocycles. The second kappa shape index (κ2) is 10.8. The first kappa shape index (κ1) is 24.1. The highest BCUT2D eigenvalue weighted by molar-refractivity contribution is 8.14. The van der Waals surface area contributed by atoms with Gasteiger partial charge in [0.1, 0.15) is 5.82 Å². The van der Waals surface area contributed by atoms with Gasteiger partial charge in [-0.05, 0) is 86.1 Å². The van der Waals surface area contributed by atoms with Crippen molar-refractivity contribution in [2.24, 2.45) is 11.3 Å². The van der Waals surface area contributed by atoms with E-state index in [2.05, 4.69) is 46.8 Å². The summed E-state index contributed by atoms with van der Waals surface area (Å²) in [5, 5.41) is -0.182. The summed E-state index contributed by atoms with van der Waals surface area (Å²) in [6, 6.07) is 6.31. The quantitative estimate of drug-likeness (QED) is 0.260. The van der Waals surface area contributed by atoms with Crippen molar-refractivity contribution < 1.29 is 9.18 Å².